The van der Waals surface area contributed by atoms with Gasteiger partial charge in [-0.3, -0.25) is 4.79 Å². The van der Waals surface area contributed by atoms with Gasteiger partial charge in [0.1, 0.15) is 0 Å². The summed E-state index contributed by atoms with van der Waals surface area (Å²) < 4.78 is 0. The molecule has 0 fully saturated rings. The smallest absolute Gasteiger partial charge is 1.00 e. The maximum Gasteiger partial charge on any atom is 2.00 e. The fourth-order valence-corrected chi connectivity index (χ4v) is 4.38. The molecule has 0 aliphatic carbocycles. The van der Waals surface area contributed by atoms with Gasteiger partial charge in [-0.2, -0.15) is 0 Å². The number of carboxylic acids is 1. The van der Waals surface area contributed by atoms with Gasteiger partial charge in [0.05, 0.1) is 0 Å². The molecule has 1 unspecified atom stereocenters. The monoisotopic (exact) mass is 408 g/mol. The average Bonchev–Trinajstić information content (AvgIpc) is 3.12. The zero-order valence-corrected chi connectivity index (χ0v) is 19.9. The van der Waals surface area contributed by atoms with Crippen LogP contribution in [0.3, 0.4) is 0 Å². The summed E-state index contributed by atoms with van der Waals surface area (Å²) in [7, 11) is 0. The van der Waals surface area contributed by atoms with Crippen molar-refractivity contribution in [1.29, 1.82) is 0 Å². The van der Waals surface area contributed by atoms with Gasteiger partial charge in [0.15, 0.2) is 0 Å². The summed E-state index contributed by atoms with van der Waals surface area (Å²) in [4.78, 5) is 12.2. The third kappa shape index (κ3) is 14.5. The van der Waals surface area contributed by atoms with Gasteiger partial charge >= 0.3 is 43.7 Å². The molecule has 1 rings (SSSR count). The molecule has 1 heterocycles. The zero-order valence-electron chi connectivity index (χ0n) is 18.9. The summed E-state index contributed by atoms with van der Waals surface area (Å²) in [5, 5.41) is 11.0. The van der Waals surface area contributed by atoms with Gasteiger partial charge in [0, 0.05) is 11.3 Å². The van der Waals surface area contributed by atoms with Gasteiger partial charge < -0.3 is 7.96 Å². The molecule has 26 heavy (non-hydrogen) atoms. The summed E-state index contributed by atoms with van der Waals surface area (Å²) in [5.41, 5.74) is 0. The van der Waals surface area contributed by atoms with E-state index in [-0.39, 0.29) is 40.6 Å². The molecule has 0 aromatic carbocycles. The Morgan fingerprint density at radius 2 is 1.50 bits per heavy atom. The topological polar surface area (TPSA) is 37.3 Å². The maximum atomic E-state index is 10.9. The van der Waals surface area contributed by atoms with E-state index in [9.17, 15) is 4.79 Å². The number of aliphatic carboxylic acids is 1. The third-order valence-corrected chi connectivity index (χ3v) is 6.09. The molecule has 0 radical (unpaired) electrons. The zero-order chi connectivity index (χ0) is 18.2. The van der Waals surface area contributed by atoms with E-state index in [4.69, 9.17) is 5.11 Å². The summed E-state index contributed by atoms with van der Waals surface area (Å²) in [6.07, 6.45) is 18.7. The molecule has 0 aliphatic rings. The van der Waals surface area contributed by atoms with Crippen LogP contribution in [-0.4, -0.2) is 48.8 Å². The van der Waals surface area contributed by atoms with Crippen LogP contribution in [-0.2, 0) is 4.79 Å². The van der Waals surface area contributed by atoms with Gasteiger partial charge in [-0.15, -0.1) is 11.3 Å². The minimum Gasteiger partial charge on any atom is -1.00 e. The number of rotatable bonds is 17. The predicted molar refractivity (Wildman–Crippen MR) is 118 cm³/mol. The first-order valence-electron chi connectivity index (χ1n) is 10.5. The van der Waals surface area contributed by atoms with Crippen molar-refractivity contribution in [2.24, 2.45) is 0 Å². The molecule has 0 spiro atoms. The fourth-order valence-electron chi connectivity index (χ4n) is 3.48. The second-order valence-corrected chi connectivity index (χ2v) is 8.30. The second kappa shape index (κ2) is 18.8. The Kier molecular flexibility index (Phi) is 19.1. The Balaban J connectivity index is -0.00000208. The van der Waals surface area contributed by atoms with E-state index in [1.54, 1.807) is 11.3 Å². The Morgan fingerprint density at radius 1 is 0.962 bits per heavy atom. The van der Waals surface area contributed by atoms with Crippen molar-refractivity contribution in [3.05, 3.63) is 22.4 Å². The maximum absolute atomic E-state index is 10.9. The summed E-state index contributed by atoms with van der Waals surface area (Å²) in [5.74, 6) is -0.226. The van der Waals surface area contributed by atoms with Crippen LogP contribution in [0.5, 0.6) is 0 Å². The summed E-state index contributed by atoms with van der Waals surface area (Å²) >= 11 is 1.77. The fraction of sp³-hybridized carbons (Fsp3) is 0.773. The van der Waals surface area contributed by atoms with Crippen molar-refractivity contribution < 1.29 is 12.8 Å². The van der Waals surface area contributed by atoms with Crippen LogP contribution in [0.4, 0.5) is 0 Å². The minimum atomic E-state index is -0.670. The van der Waals surface area contributed by atoms with Gasteiger partial charge in [0.2, 0.25) is 0 Å². The van der Waals surface area contributed by atoms with Crippen molar-refractivity contribution in [3.63, 3.8) is 0 Å². The molecule has 0 amide bonds. The van der Waals surface area contributed by atoms with Gasteiger partial charge in [0.25, 0.3) is 0 Å². The Bertz CT molecular complexity index is 430. The predicted octanol–water partition coefficient (Wildman–Crippen LogP) is 7.63. The molecule has 0 bridgehead atoms. The molecule has 0 saturated heterocycles. The first kappa shape index (κ1) is 26.4. The van der Waals surface area contributed by atoms with E-state index in [1.165, 1.54) is 81.9 Å². The van der Waals surface area contributed by atoms with Crippen LogP contribution in [0.1, 0.15) is 117 Å². The standard InChI is InChI=1S/C22H38O2S.Ca.2H/c1-2-3-4-5-6-7-8-9-10-11-12-13-15-20(17-18-22(23)24)21-16-14-19-25-21;;;/h14,16,19-20H,2-13,15,17-18H2,1H3,(H,23,24);;;/q;+2;2*-1. The van der Waals surface area contributed by atoms with Gasteiger partial charge in [-0.05, 0) is 30.2 Å². The van der Waals surface area contributed by atoms with Crippen LogP contribution < -0.4 is 0 Å². The number of thiophene rings is 1. The molecular formula is C22H40CaO2S. The van der Waals surface area contributed by atoms with E-state index in [1.807, 2.05) is 0 Å². The quantitative estimate of drug-likeness (QED) is 0.212. The molecule has 1 atom stereocenters. The number of hydrogen-bond acceptors (Lipinski definition) is 2. The summed E-state index contributed by atoms with van der Waals surface area (Å²) in [6.45, 7) is 2.27. The van der Waals surface area contributed by atoms with Crippen LogP contribution in [0.25, 0.3) is 0 Å². The average molecular weight is 409 g/mol. The van der Waals surface area contributed by atoms with E-state index in [2.05, 4.69) is 24.4 Å². The number of carboxylic acid groups (broad SMARTS) is 1. The first-order valence-corrected chi connectivity index (χ1v) is 11.4. The number of carbonyl (C=O) groups is 1. The van der Waals surface area contributed by atoms with Crippen molar-refractivity contribution in [3.8, 4) is 0 Å². The number of unbranched alkanes of at least 4 members (excludes halogenated alkanes) is 11. The molecule has 0 saturated carbocycles. The normalized spacial score (nSPS) is 11.9. The van der Waals surface area contributed by atoms with E-state index in [0.29, 0.717) is 12.3 Å². The number of hydrogen-bond donors (Lipinski definition) is 1. The van der Waals surface area contributed by atoms with Crippen LogP contribution in [0.15, 0.2) is 17.5 Å². The van der Waals surface area contributed by atoms with Crippen molar-refractivity contribution in [2.45, 2.75) is 109 Å². The Hall–Kier alpha value is 0.430. The summed E-state index contributed by atoms with van der Waals surface area (Å²) in [6, 6.07) is 4.24. The van der Waals surface area contributed by atoms with Gasteiger partial charge in [-0.1, -0.05) is 90.0 Å². The molecular weight excluding hydrogens is 368 g/mol. The second-order valence-electron chi connectivity index (χ2n) is 7.32. The van der Waals surface area contributed by atoms with E-state index >= 15 is 0 Å². The molecule has 1 aromatic rings. The SMILES string of the molecule is CCCCCCCCCCCCCCC(CCC(=O)O)c1cccs1.[Ca+2].[H-].[H-]. The van der Waals surface area contributed by atoms with Gasteiger partial charge in [-0.25, -0.2) is 0 Å². The van der Waals surface area contributed by atoms with Crippen LogP contribution in [0.2, 0.25) is 0 Å². The van der Waals surface area contributed by atoms with Crippen LogP contribution >= 0.6 is 11.3 Å². The third-order valence-electron chi connectivity index (χ3n) is 5.06. The largest absolute Gasteiger partial charge is 2.00 e. The molecule has 2 nitrogen and oxygen atoms in total. The van der Waals surface area contributed by atoms with Crippen molar-refractivity contribution in [1.82, 2.24) is 0 Å². The van der Waals surface area contributed by atoms with Crippen molar-refractivity contribution >= 4 is 55.0 Å². The van der Waals surface area contributed by atoms with E-state index < -0.39 is 5.97 Å². The van der Waals surface area contributed by atoms with Crippen LogP contribution in [0, 0.1) is 0 Å². The first-order chi connectivity index (χ1) is 12.2. The Labute approximate surface area is 198 Å². The molecule has 148 valence electrons. The Morgan fingerprint density at radius 3 is 1.96 bits per heavy atom. The molecule has 0 aliphatic heterocycles. The molecule has 1 N–H and O–H groups in total. The molecule has 1 aromatic heterocycles. The minimum absolute atomic E-state index is 0. The molecule has 4 heteroatoms. The van der Waals surface area contributed by atoms with Crippen molar-refractivity contribution in [2.75, 3.05) is 0 Å². The van der Waals surface area contributed by atoms with E-state index in [0.717, 1.165) is 12.8 Å².